The zero-order chi connectivity index (χ0) is 15.9. The summed E-state index contributed by atoms with van der Waals surface area (Å²) in [6.45, 7) is 1.98. The standard InChI is InChI=1S/C15H15BO5S/c1-10-6-13(17)4-5-15(10)22(19,20)9-11-2-3-12-8-21-16(18)14(12)7-11/h2-7,17-18H,8-9H2,1H3. The molecule has 3 rings (SSSR count). The van der Waals surface area contributed by atoms with Crippen molar-refractivity contribution in [1.29, 1.82) is 0 Å². The highest BCUT2D eigenvalue weighted by Gasteiger charge is 2.28. The molecule has 2 aromatic rings. The lowest BCUT2D eigenvalue weighted by molar-refractivity contribution is 0.275. The van der Waals surface area contributed by atoms with Crippen molar-refractivity contribution < 1.29 is 23.2 Å². The van der Waals surface area contributed by atoms with E-state index in [4.69, 9.17) is 4.65 Å². The number of phenolic OH excluding ortho intramolecular Hbond substituents is 1. The van der Waals surface area contributed by atoms with Gasteiger partial charge in [0.1, 0.15) is 5.75 Å². The molecule has 0 aromatic heterocycles. The van der Waals surface area contributed by atoms with Crippen LogP contribution in [0.25, 0.3) is 0 Å². The second-order valence-electron chi connectivity index (χ2n) is 5.41. The molecule has 0 atom stereocenters. The predicted octanol–water partition coefficient (Wildman–Crippen LogP) is 0.892. The largest absolute Gasteiger partial charge is 0.508 e. The molecule has 0 bridgehead atoms. The predicted molar refractivity (Wildman–Crippen MR) is 82.6 cm³/mol. The Morgan fingerprint density at radius 1 is 1.23 bits per heavy atom. The van der Waals surface area contributed by atoms with Crippen LogP contribution in [0, 0.1) is 6.92 Å². The van der Waals surface area contributed by atoms with Crippen LogP contribution in [0.5, 0.6) is 5.75 Å². The molecule has 0 radical (unpaired) electrons. The average Bonchev–Trinajstić information content (AvgIpc) is 2.79. The molecule has 0 fully saturated rings. The molecule has 1 aliphatic heterocycles. The molecule has 0 spiro atoms. The van der Waals surface area contributed by atoms with Gasteiger partial charge in [0.2, 0.25) is 0 Å². The average molecular weight is 318 g/mol. The van der Waals surface area contributed by atoms with E-state index in [2.05, 4.69) is 0 Å². The fourth-order valence-corrected chi connectivity index (χ4v) is 4.23. The summed E-state index contributed by atoms with van der Waals surface area (Å²) in [5.41, 5.74) is 2.59. The summed E-state index contributed by atoms with van der Waals surface area (Å²) in [7, 11) is -4.52. The highest BCUT2D eigenvalue weighted by Crippen LogP contribution is 2.24. The fourth-order valence-electron chi connectivity index (χ4n) is 2.63. The van der Waals surface area contributed by atoms with E-state index in [1.54, 1.807) is 25.1 Å². The Morgan fingerprint density at radius 2 is 2.00 bits per heavy atom. The van der Waals surface area contributed by atoms with Crippen molar-refractivity contribution in [3.05, 3.63) is 53.1 Å². The van der Waals surface area contributed by atoms with Crippen molar-refractivity contribution in [3.8, 4) is 5.75 Å². The molecule has 2 aromatic carbocycles. The van der Waals surface area contributed by atoms with Gasteiger partial charge in [-0.2, -0.15) is 0 Å². The first-order valence-electron chi connectivity index (χ1n) is 6.80. The summed E-state index contributed by atoms with van der Waals surface area (Å²) in [5.74, 6) is -0.132. The summed E-state index contributed by atoms with van der Waals surface area (Å²) >= 11 is 0. The molecule has 22 heavy (non-hydrogen) atoms. The third kappa shape index (κ3) is 2.75. The quantitative estimate of drug-likeness (QED) is 0.821. The molecule has 7 heteroatoms. The summed E-state index contributed by atoms with van der Waals surface area (Å²) in [6, 6.07) is 9.37. The smallest absolute Gasteiger partial charge is 0.491 e. The number of aromatic hydroxyl groups is 1. The topological polar surface area (TPSA) is 83.8 Å². The van der Waals surface area contributed by atoms with Crippen LogP contribution in [0.3, 0.4) is 0 Å². The highest BCUT2D eigenvalue weighted by molar-refractivity contribution is 7.90. The van der Waals surface area contributed by atoms with Gasteiger partial charge in [-0.15, -0.1) is 0 Å². The fraction of sp³-hybridized carbons (Fsp3) is 0.200. The highest BCUT2D eigenvalue weighted by atomic mass is 32.2. The third-order valence-corrected chi connectivity index (χ3v) is 5.56. The number of fused-ring (bicyclic) bond motifs is 1. The Balaban J connectivity index is 1.93. The molecule has 2 N–H and O–H groups in total. The molecule has 0 saturated heterocycles. The normalized spacial score (nSPS) is 14.2. The number of phenols is 1. The van der Waals surface area contributed by atoms with Crippen LogP contribution in [0.2, 0.25) is 0 Å². The molecular weight excluding hydrogens is 303 g/mol. The Morgan fingerprint density at radius 3 is 2.73 bits per heavy atom. The maximum atomic E-state index is 12.5. The van der Waals surface area contributed by atoms with Gasteiger partial charge in [0.25, 0.3) is 0 Å². The van der Waals surface area contributed by atoms with E-state index in [0.29, 0.717) is 23.2 Å². The first-order valence-corrected chi connectivity index (χ1v) is 8.46. The van der Waals surface area contributed by atoms with E-state index < -0.39 is 17.0 Å². The van der Waals surface area contributed by atoms with Gasteiger partial charge < -0.3 is 14.8 Å². The van der Waals surface area contributed by atoms with Gasteiger partial charge >= 0.3 is 7.12 Å². The first-order chi connectivity index (χ1) is 10.4. The number of hydrogen-bond acceptors (Lipinski definition) is 5. The number of benzene rings is 2. The third-order valence-electron chi connectivity index (χ3n) is 3.72. The molecule has 1 aliphatic rings. The van der Waals surface area contributed by atoms with Gasteiger partial charge in [-0.1, -0.05) is 18.2 Å². The van der Waals surface area contributed by atoms with E-state index in [1.807, 2.05) is 0 Å². The van der Waals surface area contributed by atoms with Crippen molar-refractivity contribution in [1.82, 2.24) is 0 Å². The van der Waals surface area contributed by atoms with E-state index in [1.165, 1.54) is 18.2 Å². The minimum atomic E-state index is -3.53. The van der Waals surface area contributed by atoms with Gasteiger partial charge in [0, 0.05) is 0 Å². The molecular formula is C15H15BO5S. The Bertz CT molecular complexity index is 832. The van der Waals surface area contributed by atoms with Crippen LogP contribution in [-0.4, -0.2) is 25.7 Å². The number of hydrogen-bond donors (Lipinski definition) is 2. The van der Waals surface area contributed by atoms with E-state index >= 15 is 0 Å². The molecule has 5 nitrogen and oxygen atoms in total. The molecule has 0 aliphatic carbocycles. The van der Waals surface area contributed by atoms with Crippen LogP contribution < -0.4 is 5.46 Å². The number of aryl methyl sites for hydroxylation is 1. The summed E-state index contributed by atoms with van der Waals surface area (Å²) < 4.78 is 30.2. The molecule has 114 valence electrons. The van der Waals surface area contributed by atoms with Gasteiger partial charge in [0.05, 0.1) is 17.3 Å². The van der Waals surface area contributed by atoms with Gasteiger partial charge in [-0.05, 0) is 47.3 Å². The monoisotopic (exact) mass is 318 g/mol. The Kier molecular flexibility index (Phi) is 3.72. The lowest BCUT2D eigenvalue weighted by Gasteiger charge is -2.09. The van der Waals surface area contributed by atoms with Crippen LogP contribution in [-0.2, 0) is 26.9 Å². The van der Waals surface area contributed by atoms with Crippen molar-refractivity contribution in [2.45, 2.75) is 24.2 Å². The summed E-state index contributed by atoms with van der Waals surface area (Å²) in [6.07, 6.45) is 0. The van der Waals surface area contributed by atoms with Crippen molar-refractivity contribution in [2.75, 3.05) is 0 Å². The second-order valence-corrected chi connectivity index (χ2v) is 7.36. The van der Waals surface area contributed by atoms with Gasteiger partial charge in [-0.25, -0.2) is 8.42 Å². The maximum absolute atomic E-state index is 12.5. The van der Waals surface area contributed by atoms with Crippen molar-refractivity contribution >= 4 is 22.4 Å². The molecule has 0 unspecified atom stereocenters. The summed E-state index contributed by atoms with van der Waals surface area (Å²) in [5, 5.41) is 19.1. The maximum Gasteiger partial charge on any atom is 0.491 e. The van der Waals surface area contributed by atoms with Crippen LogP contribution in [0.1, 0.15) is 16.7 Å². The van der Waals surface area contributed by atoms with Gasteiger partial charge in [0.15, 0.2) is 9.84 Å². The molecule has 1 heterocycles. The van der Waals surface area contributed by atoms with Gasteiger partial charge in [-0.3, -0.25) is 0 Å². The minimum Gasteiger partial charge on any atom is -0.508 e. The second kappa shape index (κ2) is 5.42. The molecule has 0 amide bonds. The van der Waals surface area contributed by atoms with Crippen molar-refractivity contribution in [3.63, 3.8) is 0 Å². The first kappa shape index (κ1) is 15.1. The number of sulfone groups is 1. The Hall–Kier alpha value is -1.83. The van der Waals surface area contributed by atoms with Crippen LogP contribution in [0.4, 0.5) is 0 Å². The lowest BCUT2D eigenvalue weighted by Crippen LogP contribution is -2.28. The van der Waals surface area contributed by atoms with E-state index in [9.17, 15) is 18.5 Å². The van der Waals surface area contributed by atoms with Crippen molar-refractivity contribution in [2.24, 2.45) is 0 Å². The van der Waals surface area contributed by atoms with Crippen LogP contribution >= 0.6 is 0 Å². The van der Waals surface area contributed by atoms with Crippen LogP contribution in [0.15, 0.2) is 41.3 Å². The lowest BCUT2D eigenvalue weighted by atomic mass is 9.79. The van der Waals surface area contributed by atoms with E-state index in [-0.39, 0.29) is 16.4 Å². The minimum absolute atomic E-state index is 0.0363. The zero-order valence-electron chi connectivity index (χ0n) is 12.0. The number of rotatable bonds is 3. The zero-order valence-corrected chi connectivity index (χ0v) is 12.8. The van der Waals surface area contributed by atoms with E-state index in [0.717, 1.165) is 5.56 Å². The Labute approximate surface area is 129 Å². The molecule has 0 saturated carbocycles. The SMILES string of the molecule is Cc1cc(O)ccc1S(=O)(=O)Cc1ccc2c(c1)B(O)OC2. The summed E-state index contributed by atoms with van der Waals surface area (Å²) in [4.78, 5) is 0.197.